The van der Waals surface area contributed by atoms with Crippen molar-refractivity contribution in [2.24, 2.45) is 0 Å². The minimum Gasteiger partial charge on any atom is -0.491 e. The van der Waals surface area contributed by atoms with Crippen LogP contribution in [0.3, 0.4) is 0 Å². The second-order valence-electron chi connectivity index (χ2n) is 5.20. The molecule has 3 N–H and O–H groups in total. The van der Waals surface area contributed by atoms with Gasteiger partial charge in [-0.3, -0.25) is 9.89 Å². The molecule has 0 aliphatic carbocycles. The van der Waals surface area contributed by atoms with Crippen LogP contribution in [-0.4, -0.2) is 40.5 Å². The van der Waals surface area contributed by atoms with Crippen molar-refractivity contribution < 1.29 is 14.6 Å². The van der Waals surface area contributed by atoms with E-state index in [1.54, 1.807) is 18.2 Å². The number of ether oxygens (including phenoxy) is 1. The summed E-state index contributed by atoms with van der Waals surface area (Å²) in [6.07, 6.45) is 1.35. The van der Waals surface area contributed by atoms with Crippen molar-refractivity contribution in [3.05, 3.63) is 46.2 Å². The Kier molecular flexibility index (Phi) is 6.01. The number of aliphatic hydroxyl groups is 1. The molecular formula is C16H20ClN3O3. The Morgan fingerprint density at radius 2 is 2.30 bits per heavy atom. The molecule has 1 aromatic carbocycles. The van der Waals surface area contributed by atoms with Gasteiger partial charge >= 0.3 is 0 Å². The average Bonchev–Trinajstić information content (AvgIpc) is 3.02. The van der Waals surface area contributed by atoms with E-state index in [9.17, 15) is 9.90 Å². The lowest BCUT2D eigenvalue weighted by molar-refractivity contribution is 0.0843. The van der Waals surface area contributed by atoms with Crippen molar-refractivity contribution in [3.63, 3.8) is 0 Å². The van der Waals surface area contributed by atoms with Crippen molar-refractivity contribution in [3.8, 4) is 5.75 Å². The lowest BCUT2D eigenvalue weighted by atomic mass is 10.2. The molecule has 1 amide bonds. The molecule has 0 unspecified atom stereocenters. The standard InChI is InChI=1S/C16H20ClN3O3/c1-3-15-13(8-19-20-15)16(22)18-7-11(21)9-23-12-4-5-14(17)10(2)6-12/h4-6,8,11,21H,3,7,9H2,1-2H3,(H,18,22)(H,19,20)/t11-/m0/s1. The molecule has 0 radical (unpaired) electrons. The number of H-pyrrole nitrogens is 1. The molecule has 0 saturated carbocycles. The smallest absolute Gasteiger partial charge is 0.254 e. The van der Waals surface area contributed by atoms with E-state index in [0.717, 1.165) is 11.3 Å². The van der Waals surface area contributed by atoms with E-state index in [0.29, 0.717) is 22.8 Å². The van der Waals surface area contributed by atoms with Crippen LogP contribution >= 0.6 is 11.6 Å². The molecule has 124 valence electrons. The number of nitrogens with one attached hydrogen (secondary N) is 2. The van der Waals surface area contributed by atoms with Crippen molar-refractivity contribution in [1.82, 2.24) is 15.5 Å². The van der Waals surface area contributed by atoms with Gasteiger partial charge in [-0.1, -0.05) is 18.5 Å². The molecule has 0 spiro atoms. The van der Waals surface area contributed by atoms with Gasteiger partial charge in [-0.05, 0) is 37.1 Å². The Labute approximate surface area is 139 Å². The lowest BCUT2D eigenvalue weighted by Gasteiger charge is -2.14. The van der Waals surface area contributed by atoms with Crippen LogP contribution in [0.4, 0.5) is 0 Å². The molecule has 0 aliphatic heterocycles. The van der Waals surface area contributed by atoms with Crippen molar-refractivity contribution in [2.45, 2.75) is 26.4 Å². The molecular weight excluding hydrogens is 318 g/mol. The fourth-order valence-electron chi connectivity index (χ4n) is 2.04. The largest absolute Gasteiger partial charge is 0.491 e. The van der Waals surface area contributed by atoms with Crippen LogP contribution in [0.1, 0.15) is 28.5 Å². The summed E-state index contributed by atoms with van der Waals surface area (Å²) in [5, 5.41) is 19.9. The number of aliphatic hydroxyl groups excluding tert-OH is 1. The average molecular weight is 338 g/mol. The molecule has 7 heteroatoms. The first-order valence-electron chi connectivity index (χ1n) is 7.38. The molecule has 2 aromatic rings. The summed E-state index contributed by atoms with van der Waals surface area (Å²) >= 11 is 5.94. The Hall–Kier alpha value is -2.05. The number of carbonyl (C=O) groups excluding carboxylic acids is 1. The lowest BCUT2D eigenvalue weighted by Crippen LogP contribution is -2.35. The van der Waals surface area contributed by atoms with Crippen LogP contribution in [0.15, 0.2) is 24.4 Å². The second-order valence-corrected chi connectivity index (χ2v) is 5.61. The maximum absolute atomic E-state index is 12.0. The highest BCUT2D eigenvalue weighted by Crippen LogP contribution is 2.21. The van der Waals surface area contributed by atoms with Gasteiger partial charge in [0.05, 0.1) is 11.8 Å². The van der Waals surface area contributed by atoms with E-state index in [1.165, 1.54) is 6.20 Å². The highest BCUT2D eigenvalue weighted by molar-refractivity contribution is 6.31. The van der Waals surface area contributed by atoms with Crippen molar-refractivity contribution in [1.29, 1.82) is 0 Å². The van der Waals surface area contributed by atoms with Gasteiger partial charge in [0, 0.05) is 17.3 Å². The Bertz CT molecular complexity index is 672. The van der Waals surface area contributed by atoms with Gasteiger partial charge in [0.2, 0.25) is 0 Å². The zero-order chi connectivity index (χ0) is 16.8. The number of hydrogen-bond acceptors (Lipinski definition) is 4. The quantitative estimate of drug-likeness (QED) is 0.722. The van der Waals surface area contributed by atoms with Gasteiger partial charge in [0.1, 0.15) is 18.5 Å². The van der Waals surface area contributed by atoms with Gasteiger partial charge in [-0.25, -0.2) is 0 Å². The highest BCUT2D eigenvalue weighted by atomic mass is 35.5. The van der Waals surface area contributed by atoms with Crippen LogP contribution in [0, 0.1) is 6.92 Å². The van der Waals surface area contributed by atoms with Crippen LogP contribution in [-0.2, 0) is 6.42 Å². The normalized spacial score (nSPS) is 12.0. The van der Waals surface area contributed by atoms with Crippen LogP contribution in [0.5, 0.6) is 5.75 Å². The van der Waals surface area contributed by atoms with Crippen molar-refractivity contribution in [2.75, 3.05) is 13.2 Å². The van der Waals surface area contributed by atoms with Gasteiger partial charge in [0.25, 0.3) is 5.91 Å². The van der Waals surface area contributed by atoms with Crippen molar-refractivity contribution >= 4 is 17.5 Å². The number of carbonyl (C=O) groups is 1. The number of aromatic amines is 1. The number of aromatic nitrogens is 2. The third-order valence-electron chi connectivity index (χ3n) is 3.39. The first kappa shape index (κ1) is 17.3. The summed E-state index contributed by atoms with van der Waals surface area (Å²) in [5.41, 5.74) is 2.16. The molecule has 1 heterocycles. The topological polar surface area (TPSA) is 87.2 Å². The fraction of sp³-hybridized carbons (Fsp3) is 0.375. The molecule has 23 heavy (non-hydrogen) atoms. The van der Waals surface area contributed by atoms with E-state index >= 15 is 0 Å². The summed E-state index contributed by atoms with van der Waals surface area (Å²) in [4.78, 5) is 12.0. The fourth-order valence-corrected chi connectivity index (χ4v) is 2.16. The van der Waals surface area contributed by atoms with E-state index in [4.69, 9.17) is 16.3 Å². The third-order valence-corrected chi connectivity index (χ3v) is 3.81. The summed E-state index contributed by atoms with van der Waals surface area (Å²) in [6, 6.07) is 5.28. The van der Waals surface area contributed by atoms with Crippen LogP contribution < -0.4 is 10.1 Å². The minimum absolute atomic E-state index is 0.0768. The third kappa shape index (κ3) is 4.71. The summed E-state index contributed by atoms with van der Waals surface area (Å²) in [5.74, 6) is 0.359. The number of halogens is 1. The molecule has 1 atom stereocenters. The van der Waals surface area contributed by atoms with E-state index in [-0.39, 0.29) is 19.1 Å². The Morgan fingerprint density at radius 3 is 3.00 bits per heavy atom. The SMILES string of the molecule is CCc1[nH]ncc1C(=O)NC[C@H](O)COc1ccc(Cl)c(C)c1. The predicted octanol–water partition coefficient (Wildman–Crippen LogP) is 2.10. The Morgan fingerprint density at radius 1 is 1.52 bits per heavy atom. The molecule has 1 aromatic heterocycles. The number of hydrogen-bond donors (Lipinski definition) is 3. The number of amides is 1. The monoisotopic (exact) mass is 337 g/mol. The molecule has 0 aliphatic rings. The van der Waals surface area contributed by atoms with Crippen LogP contribution in [0.25, 0.3) is 0 Å². The molecule has 2 rings (SSSR count). The zero-order valence-corrected chi connectivity index (χ0v) is 13.9. The number of benzene rings is 1. The van der Waals surface area contributed by atoms with Gasteiger partial charge in [0.15, 0.2) is 0 Å². The summed E-state index contributed by atoms with van der Waals surface area (Å²) in [7, 11) is 0. The van der Waals surface area contributed by atoms with Gasteiger partial charge < -0.3 is 15.2 Å². The maximum atomic E-state index is 12.0. The van der Waals surface area contributed by atoms with E-state index in [2.05, 4.69) is 15.5 Å². The molecule has 0 saturated heterocycles. The zero-order valence-electron chi connectivity index (χ0n) is 13.1. The number of rotatable bonds is 7. The maximum Gasteiger partial charge on any atom is 0.254 e. The molecule has 0 fully saturated rings. The summed E-state index contributed by atoms with van der Waals surface area (Å²) < 4.78 is 5.49. The predicted molar refractivity (Wildman–Crippen MR) is 88.0 cm³/mol. The second kappa shape index (κ2) is 7.99. The van der Waals surface area contributed by atoms with E-state index < -0.39 is 6.10 Å². The summed E-state index contributed by atoms with van der Waals surface area (Å²) in [6.45, 7) is 3.98. The molecule has 6 nitrogen and oxygen atoms in total. The molecule has 0 bridgehead atoms. The first-order valence-corrected chi connectivity index (χ1v) is 7.76. The van der Waals surface area contributed by atoms with E-state index in [1.807, 2.05) is 13.8 Å². The number of aryl methyl sites for hydroxylation is 2. The first-order chi connectivity index (χ1) is 11.0. The van der Waals surface area contributed by atoms with Gasteiger partial charge in [-0.2, -0.15) is 5.10 Å². The van der Waals surface area contributed by atoms with Crippen LogP contribution in [0.2, 0.25) is 5.02 Å². The minimum atomic E-state index is -0.813. The number of nitrogens with zero attached hydrogens (tertiary/aromatic N) is 1. The Balaban J connectivity index is 1.79. The van der Waals surface area contributed by atoms with Gasteiger partial charge in [-0.15, -0.1) is 0 Å². The highest BCUT2D eigenvalue weighted by Gasteiger charge is 2.14.